The topological polar surface area (TPSA) is 102 Å². The highest BCUT2D eigenvalue weighted by molar-refractivity contribution is 5.94. The molecule has 1 aliphatic rings. The molecule has 0 bridgehead atoms. The second-order valence-corrected chi connectivity index (χ2v) is 8.27. The number of fused-ring (bicyclic) bond motifs is 1. The Balaban J connectivity index is 1.53. The first-order valence-corrected chi connectivity index (χ1v) is 11.3. The minimum atomic E-state index is -0.367. The van der Waals surface area contributed by atoms with E-state index < -0.39 is 0 Å². The van der Waals surface area contributed by atoms with Crippen molar-refractivity contribution in [1.82, 2.24) is 20.1 Å². The van der Waals surface area contributed by atoms with Gasteiger partial charge in [0.2, 0.25) is 5.88 Å². The van der Waals surface area contributed by atoms with Gasteiger partial charge in [-0.3, -0.25) is 4.79 Å². The first kappa shape index (κ1) is 23.9. The number of methoxy groups -OCH3 is 1. The highest BCUT2D eigenvalue weighted by atomic mass is 16.5. The number of nitrogens with zero attached hydrogens (tertiary/aromatic N) is 4. The van der Waals surface area contributed by atoms with Crippen LogP contribution in [-0.4, -0.2) is 40.9 Å². The van der Waals surface area contributed by atoms with Gasteiger partial charge in [-0.2, -0.15) is 15.0 Å². The zero-order chi connectivity index (χ0) is 24.9. The summed E-state index contributed by atoms with van der Waals surface area (Å²) in [6.45, 7) is 8.97. The molecule has 35 heavy (non-hydrogen) atoms. The Hall–Kier alpha value is -4.22. The SMILES string of the molecule is C=C(/C=c1/nc(-n2nc(C)cc2OC)cc/c1=C/C)CNC(=O)c1ccc2c(c1)C(C#N)COC2. The Morgan fingerprint density at radius 2 is 2.20 bits per heavy atom. The Morgan fingerprint density at radius 1 is 1.37 bits per heavy atom. The summed E-state index contributed by atoms with van der Waals surface area (Å²) in [6, 6.07) is 13.3. The van der Waals surface area contributed by atoms with E-state index in [1.165, 1.54) is 0 Å². The molecule has 2 aromatic heterocycles. The minimum absolute atomic E-state index is 0.230. The number of benzene rings is 1. The lowest BCUT2D eigenvalue weighted by Gasteiger charge is -2.21. The third-order valence-electron chi connectivity index (χ3n) is 5.78. The van der Waals surface area contributed by atoms with Gasteiger partial charge >= 0.3 is 0 Å². The van der Waals surface area contributed by atoms with Crippen LogP contribution in [-0.2, 0) is 11.3 Å². The summed E-state index contributed by atoms with van der Waals surface area (Å²) in [5.41, 5.74) is 3.81. The smallest absolute Gasteiger partial charge is 0.251 e. The van der Waals surface area contributed by atoms with Crippen LogP contribution in [0.25, 0.3) is 18.0 Å². The summed E-state index contributed by atoms with van der Waals surface area (Å²) in [6.07, 6.45) is 3.81. The standard InChI is InChI=1S/C27H27N5O3/c1-5-19-8-9-25(32-26(34-4)11-18(3)31-32)30-24(19)10-17(2)14-29-27(33)20-6-7-21-15-35-16-22(13-28)23(21)12-20/h5-12,22H,2,14-16H2,1,3-4H3,(H,29,33)/b19-5-,24-10+. The molecule has 0 aliphatic carbocycles. The lowest BCUT2D eigenvalue weighted by atomic mass is 9.92. The Bertz CT molecular complexity index is 1450. The third kappa shape index (κ3) is 5.15. The lowest BCUT2D eigenvalue weighted by Crippen LogP contribution is -2.31. The number of aromatic nitrogens is 3. The van der Waals surface area contributed by atoms with Crippen molar-refractivity contribution >= 4 is 18.1 Å². The fraction of sp³-hybridized carbons (Fsp3) is 0.259. The first-order valence-electron chi connectivity index (χ1n) is 11.3. The van der Waals surface area contributed by atoms with Crippen molar-refractivity contribution in [3.05, 3.63) is 81.5 Å². The number of pyridine rings is 1. The quantitative estimate of drug-likeness (QED) is 0.594. The number of rotatable bonds is 6. The molecule has 8 nitrogen and oxygen atoms in total. The van der Waals surface area contributed by atoms with Crippen LogP contribution in [0.2, 0.25) is 0 Å². The average molecular weight is 470 g/mol. The monoisotopic (exact) mass is 469 g/mol. The van der Waals surface area contributed by atoms with Gasteiger partial charge in [-0.25, -0.2) is 4.98 Å². The molecular formula is C27H27N5O3. The van der Waals surface area contributed by atoms with Crippen LogP contribution in [0.5, 0.6) is 5.88 Å². The second kappa shape index (κ2) is 10.4. The highest BCUT2D eigenvalue weighted by Crippen LogP contribution is 2.27. The summed E-state index contributed by atoms with van der Waals surface area (Å²) < 4.78 is 12.5. The molecule has 1 unspecified atom stereocenters. The van der Waals surface area contributed by atoms with Crippen molar-refractivity contribution < 1.29 is 14.3 Å². The summed E-state index contributed by atoms with van der Waals surface area (Å²) in [7, 11) is 1.59. The van der Waals surface area contributed by atoms with Gasteiger partial charge in [-0.1, -0.05) is 18.7 Å². The number of hydrogen-bond donors (Lipinski definition) is 1. The number of hydrogen-bond acceptors (Lipinski definition) is 6. The molecule has 1 amide bonds. The number of nitriles is 1. The molecule has 0 saturated heterocycles. The Morgan fingerprint density at radius 3 is 2.94 bits per heavy atom. The number of carbonyl (C=O) groups excluding carboxylic acids is 1. The molecule has 8 heteroatoms. The predicted octanol–water partition coefficient (Wildman–Crippen LogP) is 2.29. The Labute approximate surface area is 203 Å². The van der Waals surface area contributed by atoms with Crippen molar-refractivity contribution in [2.45, 2.75) is 26.4 Å². The molecular weight excluding hydrogens is 442 g/mol. The van der Waals surface area contributed by atoms with Gasteiger partial charge in [-0.05, 0) is 66.1 Å². The molecule has 1 aliphatic heterocycles. The molecule has 0 saturated carbocycles. The molecule has 0 radical (unpaired) electrons. The number of carbonyl (C=O) groups is 1. The third-order valence-corrected chi connectivity index (χ3v) is 5.78. The van der Waals surface area contributed by atoms with Gasteiger partial charge in [0.1, 0.15) is 0 Å². The van der Waals surface area contributed by atoms with E-state index in [4.69, 9.17) is 14.5 Å². The van der Waals surface area contributed by atoms with E-state index in [1.807, 2.05) is 50.3 Å². The molecule has 4 rings (SSSR count). The zero-order valence-corrected chi connectivity index (χ0v) is 20.0. The number of nitrogens with one attached hydrogen (secondary N) is 1. The van der Waals surface area contributed by atoms with Crippen LogP contribution in [0.3, 0.4) is 0 Å². The van der Waals surface area contributed by atoms with E-state index in [2.05, 4.69) is 23.1 Å². The summed E-state index contributed by atoms with van der Waals surface area (Å²) >= 11 is 0. The minimum Gasteiger partial charge on any atom is -0.481 e. The molecule has 1 atom stereocenters. The molecule has 1 N–H and O–H groups in total. The van der Waals surface area contributed by atoms with E-state index in [1.54, 1.807) is 23.9 Å². The van der Waals surface area contributed by atoms with Crippen molar-refractivity contribution in [2.24, 2.45) is 0 Å². The maximum atomic E-state index is 12.8. The van der Waals surface area contributed by atoms with Crippen molar-refractivity contribution in [2.75, 3.05) is 20.3 Å². The molecule has 0 fully saturated rings. The van der Waals surface area contributed by atoms with Gasteiger partial charge in [0.15, 0.2) is 5.82 Å². The van der Waals surface area contributed by atoms with Crippen LogP contribution < -0.4 is 20.6 Å². The second-order valence-electron chi connectivity index (χ2n) is 8.27. The number of aryl methyl sites for hydroxylation is 1. The van der Waals surface area contributed by atoms with Gasteiger partial charge in [0.25, 0.3) is 5.91 Å². The molecule has 3 heterocycles. The molecule has 3 aromatic rings. The van der Waals surface area contributed by atoms with Crippen molar-refractivity contribution in [1.29, 1.82) is 5.26 Å². The Kier molecular flexibility index (Phi) is 7.09. The van der Waals surface area contributed by atoms with Crippen molar-refractivity contribution in [3.63, 3.8) is 0 Å². The first-order chi connectivity index (χ1) is 16.9. The fourth-order valence-electron chi connectivity index (χ4n) is 3.95. The van der Waals surface area contributed by atoms with Gasteiger partial charge in [0.05, 0.1) is 43.4 Å². The largest absolute Gasteiger partial charge is 0.481 e. The van der Waals surface area contributed by atoms with Crippen LogP contribution in [0.15, 0.2) is 48.6 Å². The summed E-state index contributed by atoms with van der Waals surface area (Å²) in [5, 5.41) is 18.4. The lowest BCUT2D eigenvalue weighted by molar-refractivity contribution is 0.0952. The van der Waals surface area contributed by atoms with E-state index in [-0.39, 0.29) is 18.4 Å². The van der Waals surface area contributed by atoms with Crippen LogP contribution in [0.1, 0.15) is 40.0 Å². The number of amides is 1. The fourth-order valence-corrected chi connectivity index (χ4v) is 3.95. The van der Waals surface area contributed by atoms with Crippen LogP contribution in [0.4, 0.5) is 0 Å². The maximum absolute atomic E-state index is 12.8. The molecule has 1 aromatic carbocycles. The maximum Gasteiger partial charge on any atom is 0.251 e. The van der Waals surface area contributed by atoms with Crippen molar-refractivity contribution in [3.8, 4) is 17.8 Å². The molecule has 178 valence electrons. The average Bonchev–Trinajstić information content (AvgIpc) is 3.27. The highest BCUT2D eigenvalue weighted by Gasteiger charge is 2.22. The van der Waals surface area contributed by atoms with E-state index >= 15 is 0 Å². The zero-order valence-electron chi connectivity index (χ0n) is 20.0. The van der Waals surface area contributed by atoms with Gasteiger partial charge in [-0.15, -0.1) is 0 Å². The number of ether oxygens (including phenoxy) is 2. The van der Waals surface area contributed by atoms with Crippen LogP contribution >= 0.6 is 0 Å². The normalized spacial score (nSPS) is 15.9. The van der Waals surface area contributed by atoms with Crippen LogP contribution in [0, 0.1) is 18.3 Å². The van der Waals surface area contributed by atoms with Gasteiger partial charge in [0, 0.05) is 18.2 Å². The van der Waals surface area contributed by atoms with Gasteiger partial charge < -0.3 is 14.8 Å². The predicted molar refractivity (Wildman–Crippen MR) is 132 cm³/mol. The summed E-state index contributed by atoms with van der Waals surface area (Å²) in [5.74, 6) is 0.615. The van der Waals surface area contributed by atoms with E-state index in [0.29, 0.717) is 41.4 Å². The van der Waals surface area contributed by atoms with E-state index in [0.717, 1.165) is 22.0 Å². The summed E-state index contributed by atoms with van der Waals surface area (Å²) in [4.78, 5) is 17.5. The molecule has 0 spiro atoms. The van der Waals surface area contributed by atoms with E-state index in [9.17, 15) is 10.1 Å².